The highest BCUT2D eigenvalue weighted by Crippen LogP contribution is 2.29. The lowest BCUT2D eigenvalue weighted by atomic mass is 10.0. The standard InChI is InChI=1S/C13H18BrNO2S2/c1-9(2)11-8-19-13(18)15(11)12(17)7-10(16)5-3-4-6-14/h3-6,9-11,16H,7-8H2,1-2H3/b5-3+,6-4+/t10-,11+/m0/s1. The maximum absolute atomic E-state index is 12.2. The van der Waals surface area contributed by atoms with Crippen LogP contribution in [-0.2, 0) is 4.79 Å². The highest BCUT2D eigenvalue weighted by Gasteiger charge is 2.35. The molecule has 0 spiro atoms. The summed E-state index contributed by atoms with van der Waals surface area (Å²) in [5.41, 5.74) is 0. The molecular formula is C13H18BrNO2S2. The predicted octanol–water partition coefficient (Wildman–Crippen LogP) is 3.09. The Hall–Kier alpha value is -0.170. The lowest BCUT2D eigenvalue weighted by molar-refractivity contribution is -0.130. The SMILES string of the molecule is CC(C)[C@H]1CSC(=S)N1C(=O)C[C@@H](O)/C=C/C=C/Br. The van der Waals surface area contributed by atoms with Crippen LogP contribution in [0.4, 0.5) is 0 Å². The number of carbonyl (C=O) groups is 1. The van der Waals surface area contributed by atoms with Gasteiger partial charge in [-0.05, 0) is 10.9 Å². The lowest BCUT2D eigenvalue weighted by Crippen LogP contribution is -2.42. The summed E-state index contributed by atoms with van der Waals surface area (Å²) < 4.78 is 0.625. The van der Waals surface area contributed by atoms with Crippen molar-refractivity contribution in [3.63, 3.8) is 0 Å². The molecule has 0 aromatic heterocycles. The van der Waals surface area contributed by atoms with Crippen LogP contribution < -0.4 is 0 Å². The van der Waals surface area contributed by atoms with Gasteiger partial charge in [-0.3, -0.25) is 9.69 Å². The third kappa shape index (κ3) is 5.02. The van der Waals surface area contributed by atoms with E-state index < -0.39 is 6.10 Å². The van der Waals surface area contributed by atoms with Crippen molar-refractivity contribution < 1.29 is 9.90 Å². The monoisotopic (exact) mass is 363 g/mol. The molecule has 2 atom stereocenters. The van der Waals surface area contributed by atoms with Crippen LogP contribution in [0.3, 0.4) is 0 Å². The van der Waals surface area contributed by atoms with Gasteiger partial charge in [0.2, 0.25) is 5.91 Å². The summed E-state index contributed by atoms with van der Waals surface area (Å²) in [6.45, 7) is 4.16. The van der Waals surface area contributed by atoms with Crippen molar-refractivity contribution in [2.45, 2.75) is 32.4 Å². The third-order valence-corrected chi connectivity index (χ3v) is 4.65. The zero-order chi connectivity index (χ0) is 14.4. The Bertz CT molecular complexity index is 396. The maximum Gasteiger partial charge on any atom is 0.231 e. The minimum atomic E-state index is -0.780. The van der Waals surface area contributed by atoms with E-state index in [-0.39, 0.29) is 18.4 Å². The van der Waals surface area contributed by atoms with Gasteiger partial charge in [0.05, 0.1) is 12.5 Å². The van der Waals surface area contributed by atoms with E-state index >= 15 is 0 Å². The van der Waals surface area contributed by atoms with Crippen molar-refractivity contribution >= 4 is 50.1 Å². The fraction of sp³-hybridized carbons (Fsp3) is 0.538. The maximum atomic E-state index is 12.2. The number of aliphatic hydroxyl groups is 1. The highest BCUT2D eigenvalue weighted by atomic mass is 79.9. The molecule has 0 aliphatic carbocycles. The Kier molecular flexibility index (Phi) is 7.28. The number of hydrogen-bond acceptors (Lipinski definition) is 4. The number of aliphatic hydroxyl groups excluding tert-OH is 1. The number of carbonyl (C=O) groups excluding carboxylic acids is 1. The van der Waals surface area contributed by atoms with Crippen molar-refractivity contribution in [2.24, 2.45) is 5.92 Å². The minimum Gasteiger partial charge on any atom is -0.388 e. The first-order valence-electron chi connectivity index (χ1n) is 6.07. The Morgan fingerprint density at radius 2 is 2.32 bits per heavy atom. The summed E-state index contributed by atoms with van der Waals surface area (Å²) in [4.78, 5) is 15.6. The van der Waals surface area contributed by atoms with Crippen LogP contribution in [0.1, 0.15) is 20.3 Å². The predicted molar refractivity (Wildman–Crippen MR) is 88.4 cm³/mol. The second-order valence-electron chi connectivity index (χ2n) is 4.63. The molecule has 0 bridgehead atoms. The summed E-state index contributed by atoms with van der Waals surface area (Å²) in [6, 6.07) is 0.142. The molecule has 1 fully saturated rings. The first-order chi connectivity index (χ1) is 8.97. The normalized spacial score (nSPS) is 22.1. The molecule has 6 heteroatoms. The minimum absolute atomic E-state index is 0.0660. The highest BCUT2D eigenvalue weighted by molar-refractivity contribution is 9.11. The zero-order valence-electron chi connectivity index (χ0n) is 11.0. The topological polar surface area (TPSA) is 40.5 Å². The number of amides is 1. The molecule has 1 N–H and O–H groups in total. The van der Waals surface area contributed by atoms with E-state index in [1.807, 2.05) is 0 Å². The van der Waals surface area contributed by atoms with Crippen molar-refractivity contribution in [1.82, 2.24) is 4.90 Å². The largest absolute Gasteiger partial charge is 0.388 e. The van der Waals surface area contributed by atoms with Crippen LogP contribution in [0.15, 0.2) is 23.2 Å². The number of nitrogens with zero attached hydrogens (tertiary/aromatic N) is 1. The molecule has 0 aromatic rings. The Labute approximate surface area is 132 Å². The van der Waals surface area contributed by atoms with Crippen LogP contribution in [0.2, 0.25) is 0 Å². The molecular weight excluding hydrogens is 346 g/mol. The number of halogens is 1. The van der Waals surface area contributed by atoms with Gasteiger partial charge in [-0.2, -0.15) is 0 Å². The fourth-order valence-corrected chi connectivity index (χ4v) is 3.63. The number of thioether (sulfide) groups is 1. The van der Waals surface area contributed by atoms with Gasteiger partial charge in [0.25, 0.3) is 0 Å². The average Bonchev–Trinajstić information content (AvgIpc) is 2.71. The number of thiocarbonyl (C=S) groups is 1. The molecule has 3 nitrogen and oxygen atoms in total. The van der Waals surface area contributed by atoms with E-state index in [1.165, 1.54) is 11.8 Å². The molecule has 0 radical (unpaired) electrons. The number of rotatable bonds is 5. The molecule has 1 aliphatic rings. The van der Waals surface area contributed by atoms with Crippen LogP contribution in [0, 0.1) is 5.92 Å². The first-order valence-corrected chi connectivity index (χ1v) is 8.38. The fourth-order valence-electron chi connectivity index (χ4n) is 1.79. The van der Waals surface area contributed by atoms with Crippen molar-refractivity contribution in [3.05, 3.63) is 23.2 Å². The van der Waals surface area contributed by atoms with Gasteiger partial charge in [0.1, 0.15) is 4.32 Å². The van der Waals surface area contributed by atoms with E-state index in [1.54, 1.807) is 28.1 Å². The molecule has 0 saturated carbocycles. The quantitative estimate of drug-likeness (QED) is 0.601. The molecule has 1 heterocycles. The van der Waals surface area contributed by atoms with Gasteiger partial charge in [-0.1, -0.05) is 72.0 Å². The summed E-state index contributed by atoms with van der Waals surface area (Å²) >= 11 is 9.89. The zero-order valence-corrected chi connectivity index (χ0v) is 14.2. The van der Waals surface area contributed by atoms with E-state index in [0.717, 1.165) is 5.75 Å². The first kappa shape index (κ1) is 16.9. The van der Waals surface area contributed by atoms with Gasteiger partial charge in [0, 0.05) is 11.8 Å². The molecule has 1 saturated heterocycles. The second-order valence-corrected chi connectivity index (χ2v) is 6.81. The molecule has 1 rings (SSSR count). The van der Waals surface area contributed by atoms with Gasteiger partial charge in [0.15, 0.2) is 0 Å². The number of allylic oxidation sites excluding steroid dienone is 2. The van der Waals surface area contributed by atoms with E-state index in [0.29, 0.717) is 10.2 Å². The van der Waals surface area contributed by atoms with Crippen molar-refractivity contribution in [2.75, 3.05) is 5.75 Å². The van der Waals surface area contributed by atoms with E-state index in [4.69, 9.17) is 12.2 Å². The van der Waals surface area contributed by atoms with Gasteiger partial charge < -0.3 is 5.11 Å². The molecule has 1 amide bonds. The number of hydrogen-bond donors (Lipinski definition) is 1. The van der Waals surface area contributed by atoms with Crippen LogP contribution in [0.5, 0.6) is 0 Å². The Balaban J connectivity index is 2.63. The summed E-state index contributed by atoms with van der Waals surface area (Å²) in [6.07, 6.45) is 4.31. The third-order valence-electron chi connectivity index (χ3n) is 2.85. The average molecular weight is 364 g/mol. The van der Waals surface area contributed by atoms with Crippen molar-refractivity contribution in [3.8, 4) is 0 Å². The smallest absolute Gasteiger partial charge is 0.231 e. The molecule has 106 valence electrons. The van der Waals surface area contributed by atoms with Gasteiger partial charge >= 0.3 is 0 Å². The van der Waals surface area contributed by atoms with Crippen LogP contribution >= 0.6 is 39.9 Å². The summed E-state index contributed by atoms with van der Waals surface area (Å²) in [5, 5.41) is 9.78. The van der Waals surface area contributed by atoms with Crippen molar-refractivity contribution in [1.29, 1.82) is 0 Å². The summed E-state index contributed by atoms with van der Waals surface area (Å²) in [7, 11) is 0. The second kappa shape index (κ2) is 8.19. The van der Waals surface area contributed by atoms with E-state index in [2.05, 4.69) is 29.8 Å². The van der Waals surface area contributed by atoms with Gasteiger partial charge in [-0.25, -0.2) is 0 Å². The summed E-state index contributed by atoms with van der Waals surface area (Å²) in [5.74, 6) is 1.11. The van der Waals surface area contributed by atoms with Gasteiger partial charge in [-0.15, -0.1) is 0 Å². The van der Waals surface area contributed by atoms with Crippen LogP contribution in [-0.4, -0.2) is 38.1 Å². The molecule has 19 heavy (non-hydrogen) atoms. The Morgan fingerprint density at radius 3 is 2.89 bits per heavy atom. The van der Waals surface area contributed by atoms with Crippen LogP contribution in [0.25, 0.3) is 0 Å². The molecule has 0 unspecified atom stereocenters. The lowest BCUT2D eigenvalue weighted by Gasteiger charge is -2.26. The Morgan fingerprint density at radius 1 is 1.63 bits per heavy atom. The van der Waals surface area contributed by atoms with E-state index in [9.17, 15) is 9.90 Å². The molecule has 1 aliphatic heterocycles. The molecule has 0 aromatic carbocycles.